The highest BCUT2D eigenvalue weighted by Gasteiger charge is 2.38. The van der Waals surface area contributed by atoms with Gasteiger partial charge in [-0.1, -0.05) is 109 Å². The van der Waals surface area contributed by atoms with Gasteiger partial charge in [-0.3, -0.25) is 19.4 Å². The summed E-state index contributed by atoms with van der Waals surface area (Å²) >= 11 is 0. The average molecular weight is 761 g/mol. The third-order valence-corrected chi connectivity index (χ3v) is 11.6. The molecule has 8 rings (SSSR count). The zero-order chi connectivity index (χ0) is 39.6. The van der Waals surface area contributed by atoms with Gasteiger partial charge < -0.3 is 19.8 Å². The van der Waals surface area contributed by atoms with E-state index < -0.39 is 0 Å². The van der Waals surface area contributed by atoms with Crippen molar-refractivity contribution in [1.82, 2.24) is 39.5 Å². The van der Waals surface area contributed by atoms with Gasteiger partial charge in [0, 0.05) is 24.3 Å². The minimum atomic E-state index is -0.345. The maximum absolute atomic E-state index is 14.0. The summed E-state index contributed by atoms with van der Waals surface area (Å²) < 4.78 is 0. The van der Waals surface area contributed by atoms with Crippen LogP contribution >= 0.6 is 0 Å². The first kappa shape index (κ1) is 38.1. The topological polar surface area (TPSA) is 104 Å². The Bertz CT molecular complexity index is 2300. The smallest absolute Gasteiger partial charge is 0.245 e. The molecule has 0 saturated carbocycles. The molecular weight excluding hydrogens is 709 g/mol. The lowest BCUT2D eigenvalue weighted by molar-refractivity contribution is -0.138. The van der Waals surface area contributed by atoms with E-state index in [1.165, 1.54) is 0 Å². The Morgan fingerprint density at radius 2 is 1.07 bits per heavy atom. The molecule has 6 aromatic rings. The molecule has 10 nitrogen and oxygen atoms in total. The number of amides is 2. The molecule has 2 aliphatic rings. The maximum atomic E-state index is 14.0. The number of carbonyl (C=O) groups excluding carboxylic acids is 2. The van der Waals surface area contributed by atoms with E-state index in [1.807, 2.05) is 115 Å². The predicted molar refractivity (Wildman–Crippen MR) is 225 cm³/mol. The standard InChI is InChI=1S/C47H52N8O2/c1-31-41(51-45(49-31)40-19-13-29-55(40)47(57)43(53(4)5)37-16-10-7-11-17-37)35-26-22-33(23-27-35)32-20-24-34(25-21-32)38-30-48-44(50-38)39-18-12-28-54(39)46(56)42(52(2)3)36-14-8-6-9-15-36/h6-11,14-17,20-27,30,39-40,42-43H,12-13,18-19,28-29H2,1-5H3,(H,48,50)(H,49,51)/t39-,40-,42+,43+/m0/s1. The van der Waals surface area contributed by atoms with Crippen molar-refractivity contribution in [2.75, 3.05) is 41.3 Å². The van der Waals surface area contributed by atoms with Crippen LogP contribution in [0.2, 0.25) is 0 Å². The minimum Gasteiger partial charge on any atom is -0.344 e. The Balaban J connectivity index is 0.946. The van der Waals surface area contributed by atoms with E-state index in [2.05, 4.69) is 65.4 Å². The van der Waals surface area contributed by atoms with Gasteiger partial charge in [0.1, 0.15) is 23.7 Å². The van der Waals surface area contributed by atoms with Gasteiger partial charge in [-0.2, -0.15) is 0 Å². The number of hydrogen-bond acceptors (Lipinski definition) is 6. The summed E-state index contributed by atoms with van der Waals surface area (Å²) in [6, 6.07) is 36.2. The second-order valence-electron chi connectivity index (χ2n) is 15.9. The summed E-state index contributed by atoms with van der Waals surface area (Å²) in [6.45, 7) is 3.50. The van der Waals surface area contributed by atoms with Crippen LogP contribution in [0.4, 0.5) is 0 Å². The molecule has 0 aliphatic carbocycles. The van der Waals surface area contributed by atoms with Gasteiger partial charge in [0.25, 0.3) is 0 Å². The van der Waals surface area contributed by atoms with Gasteiger partial charge in [-0.25, -0.2) is 9.97 Å². The number of nitrogens with zero attached hydrogens (tertiary/aromatic N) is 6. The Morgan fingerprint density at radius 1 is 0.614 bits per heavy atom. The second-order valence-corrected chi connectivity index (χ2v) is 15.9. The molecule has 4 aromatic carbocycles. The molecule has 0 spiro atoms. The molecule has 4 heterocycles. The molecule has 10 heteroatoms. The molecule has 2 amide bonds. The van der Waals surface area contributed by atoms with Crippen LogP contribution in [0.5, 0.6) is 0 Å². The van der Waals surface area contributed by atoms with E-state index in [-0.39, 0.29) is 36.0 Å². The van der Waals surface area contributed by atoms with Gasteiger partial charge in [0.15, 0.2) is 0 Å². The molecule has 2 fully saturated rings. The highest BCUT2D eigenvalue weighted by molar-refractivity contribution is 5.85. The zero-order valence-corrected chi connectivity index (χ0v) is 33.5. The normalized spacial score (nSPS) is 18.1. The number of H-pyrrole nitrogens is 2. The Hall–Kier alpha value is -5.84. The Kier molecular flexibility index (Phi) is 10.9. The summed E-state index contributed by atoms with van der Waals surface area (Å²) in [5.41, 5.74) is 9.13. The minimum absolute atomic E-state index is 0.0842. The van der Waals surface area contributed by atoms with Gasteiger partial charge in [0.05, 0.1) is 29.7 Å². The quantitative estimate of drug-likeness (QED) is 0.138. The van der Waals surface area contributed by atoms with Crippen LogP contribution in [0.15, 0.2) is 115 Å². The molecule has 4 atom stereocenters. The summed E-state index contributed by atoms with van der Waals surface area (Å²) in [4.78, 5) is 52.9. The van der Waals surface area contributed by atoms with Crippen LogP contribution in [0, 0.1) is 6.92 Å². The zero-order valence-electron chi connectivity index (χ0n) is 33.5. The molecule has 2 N–H and O–H groups in total. The summed E-state index contributed by atoms with van der Waals surface area (Å²) in [6.07, 6.45) is 5.54. The molecule has 57 heavy (non-hydrogen) atoms. The fraction of sp³-hybridized carbons (Fsp3) is 0.319. The van der Waals surface area contributed by atoms with E-state index in [9.17, 15) is 9.59 Å². The van der Waals surface area contributed by atoms with Crippen molar-refractivity contribution in [1.29, 1.82) is 0 Å². The first-order valence-corrected chi connectivity index (χ1v) is 20.0. The van der Waals surface area contributed by atoms with Crippen molar-refractivity contribution >= 4 is 11.8 Å². The van der Waals surface area contributed by atoms with Crippen LogP contribution in [0.1, 0.15) is 78.3 Å². The van der Waals surface area contributed by atoms with Crippen LogP contribution in [-0.4, -0.2) is 92.6 Å². The number of aryl methyl sites for hydroxylation is 1. The van der Waals surface area contributed by atoms with Crippen molar-refractivity contribution < 1.29 is 9.59 Å². The highest BCUT2D eigenvalue weighted by Crippen LogP contribution is 2.38. The average Bonchev–Trinajstić information content (AvgIpc) is 4.06. The largest absolute Gasteiger partial charge is 0.344 e. The summed E-state index contributed by atoms with van der Waals surface area (Å²) in [5, 5.41) is 0. The van der Waals surface area contributed by atoms with Crippen molar-refractivity contribution in [3.63, 3.8) is 0 Å². The lowest BCUT2D eigenvalue weighted by Crippen LogP contribution is -2.40. The van der Waals surface area contributed by atoms with Crippen molar-refractivity contribution in [3.8, 4) is 33.6 Å². The molecule has 2 aromatic heterocycles. The van der Waals surface area contributed by atoms with E-state index in [1.54, 1.807) is 0 Å². The molecular formula is C47H52N8O2. The monoisotopic (exact) mass is 760 g/mol. The number of likely N-dealkylation sites (N-methyl/N-ethyl adjacent to an activating group) is 2. The van der Waals surface area contributed by atoms with Crippen LogP contribution < -0.4 is 0 Å². The van der Waals surface area contributed by atoms with E-state index >= 15 is 0 Å². The van der Waals surface area contributed by atoms with Crippen LogP contribution in [0.25, 0.3) is 33.6 Å². The SMILES string of the molecule is Cc1[nH]c([C@@H]2CCCN2C(=O)[C@@H](c2ccccc2)N(C)C)nc1-c1ccc(-c2ccc(-c3cnc([C@@H]4CCCN4C(=O)[C@@H](c4ccccc4)N(C)C)[nH]3)cc2)cc1. The number of carbonyl (C=O) groups is 2. The number of benzene rings is 4. The molecule has 2 aliphatic heterocycles. The van der Waals surface area contributed by atoms with Crippen LogP contribution in [-0.2, 0) is 9.59 Å². The third-order valence-electron chi connectivity index (χ3n) is 11.6. The molecule has 2 saturated heterocycles. The van der Waals surface area contributed by atoms with Crippen molar-refractivity contribution in [2.24, 2.45) is 0 Å². The summed E-state index contributed by atoms with van der Waals surface area (Å²) in [5.74, 6) is 1.89. The number of hydrogen-bond donors (Lipinski definition) is 2. The maximum Gasteiger partial charge on any atom is 0.245 e. The number of aromatic nitrogens is 4. The number of nitrogens with one attached hydrogen (secondary N) is 2. The van der Waals surface area contributed by atoms with E-state index in [0.29, 0.717) is 0 Å². The number of rotatable bonds is 11. The molecule has 0 radical (unpaired) electrons. The summed E-state index contributed by atoms with van der Waals surface area (Å²) in [7, 11) is 7.85. The fourth-order valence-electron chi connectivity index (χ4n) is 8.78. The molecule has 0 unspecified atom stereocenters. The second kappa shape index (κ2) is 16.3. The van der Waals surface area contributed by atoms with E-state index in [4.69, 9.17) is 9.97 Å². The third kappa shape index (κ3) is 7.67. The Labute approximate surface area is 335 Å². The molecule has 0 bridgehead atoms. The number of imidazole rings is 2. The van der Waals surface area contributed by atoms with E-state index in [0.717, 1.165) is 101 Å². The number of likely N-dealkylation sites (tertiary alicyclic amines) is 2. The Morgan fingerprint density at radius 3 is 1.56 bits per heavy atom. The van der Waals surface area contributed by atoms with Crippen molar-refractivity contribution in [3.05, 3.63) is 144 Å². The lowest BCUT2D eigenvalue weighted by Gasteiger charge is -2.31. The predicted octanol–water partition coefficient (Wildman–Crippen LogP) is 8.38. The van der Waals surface area contributed by atoms with Gasteiger partial charge in [0.2, 0.25) is 11.8 Å². The number of aromatic amines is 2. The van der Waals surface area contributed by atoms with Gasteiger partial charge in [-0.05, 0) is 88.6 Å². The molecule has 292 valence electrons. The van der Waals surface area contributed by atoms with Gasteiger partial charge >= 0.3 is 0 Å². The van der Waals surface area contributed by atoms with Gasteiger partial charge in [-0.15, -0.1) is 0 Å². The lowest BCUT2D eigenvalue weighted by atomic mass is 10.0. The van der Waals surface area contributed by atoms with Crippen molar-refractivity contribution in [2.45, 2.75) is 56.8 Å². The fourth-order valence-corrected chi connectivity index (χ4v) is 8.78. The first-order valence-electron chi connectivity index (χ1n) is 20.0. The highest BCUT2D eigenvalue weighted by atomic mass is 16.2. The first-order chi connectivity index (χ1) is 27.7. The van der Waals surface area contributed by atoms with Crippen LogP contribution in [0.3, 0.4) is 0 Å².